The molecule has 0 saturated carbocycles. The van der Waals surface area contributed by atoms with Crippen molar-refractivity contribution in [1.82, 2.24) is 10.5 Å². The summed E-state index contributed by atoms with van der Waals surface area (Å²) in [7, 11) is -0.775. The molecule has 2 aromatic carbocycles. The molecular weight excluding hydrogens is 555 g/mol. The van der Waals surface area contributed by atoms with E-state index in [1.165, 1.54) is 56.6 Å². The largest absolute Gasteiger partial charge is 0.437 e. The Hall–Kier alpha value is -2.79. The van der Waals surface area contributed by atoms with Gasteiger partial charge in [-0.2, -0.15) is 0 Å². The van der Waals surface area contributed by atoms with E-state index in [2.05, 4.69) is 48.7 Å². The van der Waals surface area contributed by atoms with E-state index >= 15 is 0 Å². The van der Waals surface area contributed by atoms with Crippen LogP contribution in [-0.4, -0.2) is 75.9 Å². The van der Waals surface area contributed by atoms with Gasteiger partial charge in [-0.05, 0) is 54.8 Å². The summed E-state index contributed by atoms with van der Waals surface area (Å²) < 4.78 is 0. The van der Waals surface area contributed by atoms with Crippen LogP contribution >= 0.6 is 0 Å². The van der Waals surface area contributed by atoms with Crippen molar-refractivity contribution in [3.8, 4) is 0 Å². The van der Waals surface area contributed by atoms with Crippen LogP contribution in [-0.2, 0) is 17.6 Å². The third kappa shape index (κ3) is 17.5. The Morgan fingerprint density at radius 2 is 1.16 bits per heavy atom. The molecule has 0 heterocycles. The number of nitrogens with one attached hydrogen (secondary N) is 2. The number of carbonyl (C=O) groups is 1. The molecule has 1 unspecified atom stereocenters. The number of aliphatic hydroxyl groups excluding tert-OH is 4. The molecule has 0 aliphatic carbocycles. The highest BCUT2D eigenvalue weighted by Gasteiger charge is 2.18. The lowest BCUT2D eigenvalue weighted by molar-refractivity contribution is -0.120. The maximum Gasteiger partial charge on any atom is 0.374 e. The number of aliphatic hydroxyl groups is 4. The molecule has 0 fully saturated rings. The summed E-state index contributed by atoms with van der Waals surface area (Å²) in [6.07, 6.45) is 14.6. The molecule has 0 saturated heterocycles. The van der Waals surface area contributed by atoms with Crippen LogP contribution in [0.1, 0.15) is 81.5 Å². The average Bonchev–Trinajstić information content (AvgIpc) is 3.01. The van der Waals surface area contributed by atoms with Crippen LogP contribution in [0.4, 0.5) is 0 Å². The summed E-state index contributed by atoms with van der Waals surface area (Å²) in [4.78, 5) is 11.0. The van der Waals surface area contributed by atoms with Gasteiger partial charge < -0.3 is 36.0 Å². The van der Waals surface area contributed by atoms with E-state index < -0.39 is 31.3 Å². The lowest BCUT2D eigenvalue weighted by Crippen LogP contribution is -2.48. The number of rotatable bonds is 19. The van der Waals surface area contributed by atoms with Crippen molar-refractivity contribution >= 4 is 25.1 Å². The minimum atomic E-state index is -0.918. The highest BCUT2D eigenvalue weighted by molar-refractivity contribution is 6.45. The normalized spacial score (nSPS) is 14.1. The molecule has 2 aromatic rings. The quantitative estimate of drug-likeness (QED) is 0.0936. The number of benzene rings is 2. The highest BCUT2D eigenvalue weighted by atomic mass is 16.3. The zero-order valence-electron chi connectivity index (χ0n) is 27.0. The third-order valence-electron chi connectivity index (χ3n) is 7.13. The zero-order valence-corrected chi connectivity index (χ0v) is 27.0. The Bertz CT molecular complexity index is 1080. The minimum Gasteiger partial charge on any atom is -0.437 e. The predicted molar refractivity (Wildman–Crippen MR) is 182 cm³/mol. The smallest absolute Gasteiger partial charge is 0.374 e. The maximum atomic E-state index is 11.0. The molecule has 0 aromatic heterocycles. The van der Waals surface area contributed by atoms with Crippen LogP contribution in [0, 0.1) is 0 Å². The molecule has 4 atom stereocenters. The van der Waals surface area contributed by atoms with Crippen LogP contribution in [0.5, 0.6) is 0 Å². The number of amides is 1. The zero-order chi connectivity index (χ0) is 32.7. The van der Waals surface area contributed by atoms with E-state index in [-0.39, 0.29) is 19.1 Å². The van der Waals surface area contributed by atoms with E-state index in [0.29, 0.717) is 0 Å². The fourth-order valence-electron chi connectivity index (χ4n) is 4.51. The summed E-state index contributed by atoms with van der Waals surface area (Å²) in [6, 6.07) is 15.2. The maximum absolute atomic E-state index is 11.0. The lowest BCUT2D eigenvalue weighted by Gasteiger charge is -2.20. The van der Waals surface area contributed by atoms with Crippen LogP contribution < -0.4 is 10.5 Å². The molecule has 7 N–H and O–H groups in total. The predicted octanol–water partition coefficient (Wildman–Crippen LogP) is 4.14. The second-order valence-corrected chi connectivity index (χ2v) is 11.2. The molecule has 0 spiro atoms. The van der Waals surface area contributed by atoms with Crippen molar-refractivity contribution in [2.24, 2.45) is 0 Å². The molecule has 8 nitrogen and oxygen atoms in total. The number of carbonyl (C=O) groups excluding carboxylic acids is 1. The summed E-state index contributed by atoms with van der Waals surface area (Å²) in [6.45, 7) is 6.76. The van der Waals surface area contributed by atoms with Crippen molar-refractivity contribution in [2.75, 3.05) is 13.2 Å². The molecule has 2 rings (SSSR count). The van der Waals surface area contributed by atoms with E-state index in [1.54, 1.807) is 25.1 Å². The van der Waals surface area contributed by atoms with Crippen molar-refractivity contribution in [2.45, 2.75) is 103 Å². The monoisotopic (exact) mass is 610 g/mol. The van der Waals surface area contributed by atoms with Gasteiger partial charge in [0.15, 0.2) is 0 Å². The first-order chi connectivity index (χ1) is 21.1. The molecule has 0 bridgehead atoms. The minimum absolute atomic E-state index is 0.243. The molecule has 0 aliphatic heterocycles. The number of hydrogen-bond acceptors (Lipinski definition) is 7. The summed E-state index contributed by atoms with van der Waals surface area (Å²) in [5, 5.41) is 52.8. The second-order valence-electron chi connectivity index (χ2n) is 11.2. The van der Waals surface area contributed by atoms with E-state index in [0.717, 1.165) is 24.0 Å². The summed E-state index contributed by atoms with van der Waals surface area (Å²) in [5.41, 5.74) is 4.64. The van der Waals surface area contributed by atoms with Crippen LogP contribution in [0.15, 0.2) is 60.7 Å². The van der Waals surface area contributed by atoms with Gasteiger partial charge in [-0.1, -0.05) is 112 Å². The van der Waals surface area contributed by atoms with Crippen LogP contribution in [0.2, 0.25) is 6.82 Å². The number of aryl methyl sites for hydroxylation is 2. The molecule has 0 aliphatic rings. The van der Waals surface area contributed by atoms with Gasteiger partial charge in [-0.15, -0.1) is 0 Å². The Labute approximate surface area is 265 Å². The van der Waals surface area contributed by atoms with Gasteiger partial charge in [0.1, 0.15) is 0 Å². The topological polar surface area (TPSA) is 142 Å². The second kappa shape index (κ2) is 23.6. The first-order valence-electron chi connectivity index (χ1n) is 16.0. The molecule has 44 heavy (non-hydrogen) atoms. The molecule has 244 valence electrons. The Morgan fingerprint density at radius 1 is 0.750 bits per heavy atom. The van der Waals surface area contributed by atoms with E-state index in [9.17, 15) is 30.2 Å². The summed E-state index contributed by atoms with van der Waals surface area (Å²) in [5.74, 6) is -0.275. The fraction of sp³-hybridized carbons (Fsp3) is 0.514. The number of unbranched alkanes of at least 4 members (excludes halogenated alkanes) is 4. The fourth-order valence-corrected chi connectivity index (χ4v) is 4.51. The standard InChI is InChI=1S/C18H27NO3.C17H28BNO3/c1-3-4-5-6-15-7-9-16(10-8-15)11-12-18(22)17(13-20)19-14(2)21;1-3-4-5-6-14-7-9-15(10-8-14)11-12-17(21)16(13-20)19-18(2)22/h7-12,17-18,20,22H,3-6,13H2,1-2H3,(H,19,21);7-12,16-17,19-22H,3-6,13H2,1-2H3/b2*12-11+/t17-,18+;16?,17-/m10/s1. The van der Waals surface area contributed by atoms with Gasteiger partial charge in [0, 0.05) is 6.92 Å². The third-order valence-corrected chi connectivity index (χ3v) is 7.13. The van der Waals surface area contributed by atoms with Gasteiger partial charge in [0.05, 0.1) is 37.5 Å². The van der Waals surface area contributed by atoms with Gasteiger partial charge in [0.2, 0.25) is 5.91 Å². The van der Waals surface area contributed by atoms with Crippen molar-refractivity contribution in [3.63, 3.8) is 0 Å². The Kier molecular flexibility index (Phi) is 21.0. The molecular formula is C35H55BN2O6. The first-order valence-corrected chi connectivity index (χ1v) is 16.0. The van der Waals surface area contributed by atoms with Gasteiger partial charge >= 0.3 is 7.05 Å². The Morgan fingerprint density at radius 3 is 1.50 bits per heavy atom. The van der Waals surface area contributed by atoms with Crippen LogP contribution in [0.3, 0.4) is 0 Å². The molecule has 9 heteroatoms. The molecule has 1 amide bonds. The highest BCUT2D eigenvalue weighted by Crippen LogP contribution is 2.12. The van der Waals surface area contributed by atoms with Crippen molar-refractivity contribution < 1.29 is 30.2 Å². The summed E-state index contributed by atoms with van der Waals surface area (Å²) >= 11 is 0. The van der Waals surface area contributed by atoms with E-state index in [1.807, 2.05) is 30.3 Å². The van der Waals surface area contributed by atoms with Crippen molar-refractivity contribution in [3.05, 3.63) is 82.9 Å². The van der Waals surface area contributed by atoms with Gasteiger partial charge in [0.25, 0.3) is 0 Å². The van der Waals surface area contributed by atoms with Gasteiger partial charge in [-0.25, -0.2) is 0 Å². The number of hydrogen-bond donors (Lipinski definition) is 7. The van der Waals surface area contributed by atoms with Crippen LogP contribution in [0.25, 0.3) is 12.2 Å². The SMILES string of the molecule is CCCCCc1ccc(/C=C/[C@H](O)C(CO)NB(C)O)cc1.CCCCCc1ccc(/C=C/[C@H](O)[C@@H](CO)NC(C)=O)cc1. The lowest BCUT2D eigenvalue weighted by atomic mass is 9.86. The average molecular weight is 611 g/mol. The molecule has 0 radical (unpaired) electrons. The first kappa shape index (κ1) is 39.2. The van der Waals surface area contributed by atoms with Crippen molar-refractivity contribution in [1.29, 1.82) is 0 Å². The van der Waals surface area contributed by atoms with E-state index in [4.69, 9.17) is 0 Å². The Balaban J connectivity index is 0.000000440. The van der Waals surface area contributed by atoms with Gasteiger partial charge in [-0.3, -0.25) is 4.79 Å².